The number of nitrogens with zero attached hydrogens (tertiary/aromatic N) is 5. The van der Waals surface area contributed by atoms with E-state index in [-0.39, 0.29) is 24.0 Å². The summed E-state index contributed by atoms with van der Waals surface area (Å²) in [5.74, 6) is -0.0130. The molecule has 0 saturated carbocycles. The number of hydrogen-bond acceptors (Lipinski definition) is 5. The minimum atomic E-state index is -3.19. The second-order valence-electron chi connectivity index (χ2n) is 5.79. The standard InChI is InChI=1S/C15H21N5O3S/c1-3-18-6-5-16-14(18)15(21)20-7-8-24(22,23)11-13(20)12-9-17-19(4-2)10-12/h5-6,9-10,13H,3-4,7-8,11H2,1-2H3/t13-/m0/s1. The number of aromatic nitrogens is 4. The first kappa shape index (κ1) is 16.7. The van der Waals surface area contributed by atoms with Gasteiger partial charge in [0.2, 0.25) is 0 Å². The molecule has 1 aliphatic rings. The van der Waals surface area contributed by atoms with Crippen LogP contribution in [0.5, 0.6) is 0 Å². The first-order valence-corrected chi connectivity index (χ1v) is 9.82. The fourth-order valence-corrected chi connectivity index (χ4v) is 4.44. The molecule has 0 aromatic carbocycles. The van der Waals surface area contributed by atoms with Crippen LogP contribution >= 0.6 is 0 Å². The summed E-state index contributed by atoms with van der Waals surface area (Å²) in [6.07, 6.45) is 6.78. The van der Waals surface area contributed by atoms with E-state index in [9.17, 15) is 13.2 Å². The molecule has 0 radical (unpaired) electrons. The molecule has 1 fully saturated rings. The normalized spacial score (nSPS) is 20.2. The molecular weight excluding hydrogens is 330 g/mol. The van der Waals surface area contributed by atoms with Crippen LogP contribution in [0.15, 0.2) is 24.8 Å². The van der Waals surface area contributed by atoms with E-state index < -0.39 is 15.9 Å². The highest BCUT2D eigenvalue weighted by Gasteiger charge is 2.37. The Bertz CT molecular complexity index is 839. The predicted octanol–water partition coefficient (Wildman–Crippen LogP) is 0.731. The maximum atomic E-state index is 12.9. The third-order valence-electron chi connectivity index (χ3n) is 4.30. The molecule has 1 amide bonds. The summed E-state index contributed by atoms with van der Waals surface area (Å²) in [6.45, 7) is 5.37. The Morgan fingerprint density at radius 3 is 2.79 bits per heavy atom. The number of carbonyl (C=O) groups excluding carboxylic acids is 1. The zero-order valence-electron chi connectivity index (χ0n) is 13.8. The van der Waals surface area contributed by atoms with E-state index in [0.717, 1.165) is 5.56 Å². The third-order valence-corrected chi connectivity index (χ3v) is 5.93. The first-order valence-electron chi connectivity index (χ1n) is 8.00. The highest BCUT2D eigenvalue weighted by molar-refractivity contribution is 7.91. The number of sulfone groups is 1. The van der Waals surface area contributed by atoms with Gasteiger partial charge < -0.3 is 9.47 Å². The van der Waals surface area contributed by atoms with Gasteiger partial charge in [0.25, 0.3) is 5.91 Å². The van der Waals surface area contributed by atoms with Crippen LogP contribution in [0.1, 0.15) is 36.1 Å². The Morgan fingerprint density at radius 1 is 1.33 bits per heavy atom. The van der Waals surface area contributed by atoms with Crippen molar-refractivity contribution in [2.75, 3.05) is 18.1 Å². The summed E-state index contributed by atoms with van der Waals surface area (Å²) < 4.78 is 27.7. The Labute approximate surface area is 141 Å². The van der Waals surface area contributed by atoms with Gasteiger partial charge in [-0.05, 0) is 13.8 Å². The van der Waals surface area contributed by atoms with E-state index >= 15 is 0 Å². The van der Waals surface area contributed by atoms with Gasteiger partial charge in [-0.15, -0.1) is 0 Å². The Hall–Kier alpha value is -2.16. The molecule has 130 valence electrons. The van der Waals surface area contributed by atoms with Gasteiger partial charge in [-0.3, -0.25) is 9.48 Å². The summed E-state index contributed by atoms with van der Waals surface area (Å²) in [7, 11) is -3.19. The number of hydrogen-bond donors (Lipinski definition) is 0. The maximum absolute atomic E-state index is 12.9. The minimum Gasteiger partial charge on any atom is -0.327 e. The summed E-state index contributed by atoms with van der Waals surface area (Å²) in [6, 6.07) is -0.529. The van der Waals surface area contributed by atoms with Crippen LogP contribution in [-0.4, -0.2) is 56.6 Å². The highest BCUT2D eigenvalue weighted by Crippen LogP contribution is 2.28. The monoisotopic (exact) mass is 351 g/mol. The van der Waals surface area contributed by atoms with Crippen LogP contribution in [0.4, 0.5) is 0 Å². The topological polar surface area (TPSA) is 90.1 Å². The van der Waals surface area contributed by atoms with E-state index in [1.54, 1.807) is 38.9 Å². The van der Waals surface area contributed by atoms with Gasteiger partial charge in [-0.25, -0.2) is 13.4 Å². The van der Waals surface area contributed by atoms with Gasteiger partial charge >= 0.3 is 0 Å². The van der Waals surface area contributed by atoms with E-state index in [1.165, 1.54) is 0 Å². The van der Waals surface area contributed by atoms with E-state index in [1.807, 2.05) is 13.8 Å². The number of rotatable bonds is 4. The zero-order valence-corrected chi connectivity index (χ0v) is 14.6. The molecule has 3 rings (SSSR count). The second kappa shape index (κ2) is 6.39. The summed E-state index contributed by atoms with van der Waals surface area (Å²) >= 11 is 0. The van der Waals surface area contributed by atoms with Crippen molar-refractivity contribution in [2.45, 2.75) is 33.0 Å². The van der Waals surface area contributed by atoms with Crippen molar-refractivity contribution in [3.63, 3.8) is 0 Å². The quantitative estimate of drug-likeness (QED) is 0.810. The molecule has 1 saturated heterocycles. The van der Waals surface area contributed by atoms with Crippen molar-refractivity contribution in [1.82, 2.24) is 24.2 Å². The molecule has 24 heavy (non-hydrogen) atoms. The van der Waals surface area contributed by atoms with Gasteiger partial charge in [-0.1, -0.05) is 0 Å². The van der Waals surface area contributed by atoms with Crippen LogP contribution in [0.3, 0.4) is 0 Å². The van der Waals surface area contributed by atoms with E-state index in [2.05, 4.69) is 10.1 Å². The van der Waals surface area contributed by atoms with E-state index in [0.29, 0.717) is 18.9 Å². The fourth-order valence-electron chi connectivity index (χ4n) is 2.94. The van der Waals surface area contributed by atoms with Gasteiger partial charge in [0.05, 0.1) is 23.7 Å². The van der Waals surface area contributed by atoms with Crippen LogP contribution in [-0.2, 0) is 22.9 Å². The first-order chi connectivity index (χ1) is 11.4. The Balaban J connectivity index is 1.96. The van der Waals surface area contributed by atoms with Crippen LogP contribution in [0, 0.1) is 0 Å². The lowest BCUT2D eigenvalue weighted by atomic mass is 10.1. The molecule has 0 N–H and O–H groups in total. The molecule has 2 aromatic heterocycles. The molecule has 2 aromatic rings. The lowest BCUT2D eigenvalue weighted by Gasteiger charge is -2.34. The summed E-state index contributed by atoms with van der Waals surface area (Å²) in [5, 5.41) is 4.21. The van der Waals surface area contributed by atoms with Crippen molar-refractivity contribution >= 4 is 15.7 Å². The molecule has 8 nitrogen and oxygen atoms in total. The number of aryl methyl sites for hydroxylation is 2. The molecular formula is C15H21N5O3S. The zero-order chi connectivity index (χ0) is 17.3. The van der Waals surface area contributed by atoms with Crippen molar-refractivity contribution in [2.24, 2.45) is 0 Å². The number of amides is 1. The van der Waals surface area contributed by atoms with Crippen LogP contribution < -0.4 is 0 Å². The van der Waals surface area contributed by atoms with Crippen molar-refractivity contribution in [3.05, 3.63) is 36.2 Å². The van der Waals surface area contributed by atoms with Crippen LogP contribution in [0.2, 0.25) is 0 Å². The highest BCUT2D eigenvalue weighted by atomic mass is 32.2. The average molecular weight is 351 g/mol. The maximum Gasteiger partial charge on any atom is 0.290 e. The van der Waals surface area contributed by atoms with Crippen molar-refractivity contribution in [1.29, 1.82) is 0 Å². The lowest BCUT2D eigenvalue weighted by molar-refractivity contribution is 0.0680. The predicted molar refractivity (Wildman–Crippen MR) is 88.2 cm³/mol. The summed E-state index contributed by atoms with van der Waals surface area (Å²) in [4.78, 5) is 18.7. The number of carbonyl (C=O) groups is 1. The molecule has 0 bridgehead atoms. The molecule has 1 aliphatic heterocycles. The second-order valence-corrected chi connectivity index (χ2v) is 8.02. The minimum absolute atomic E-state index is 0.0238. The molecule has 3 heterocycles. The molecule has 9 heteroatoms. The molecule has 0 aliphatic carbocycles. The van der Waals surface area contributed by atoms with Gasteiger partial charge in [0, 0.05) is 43.8 Å². The molecule has 0 unspecified atom stereocenters. The SMILES string of the molecule is CCn1cc([C@@H]2CS(=O)(=O)CCN2C(=O)c2nccn2CC)cn1. The summed E-state index contributed by atoms with van der Waals surface area (Å²) in [5.41, 5.74) is 0.739. The Morgan fingerprint density at radius 2 is 2.12 bits per heavy atom. The fraction of sp³-hybridized carbons (Fsp3) is 0.533. The van der Waals surface area contributed by atoms with Crippen molar-refractivity contribution in [3.8, 4) is 0 Å². The Kier molecular flexibility index (Phi) is 4.44. The molecule has 1 atom stereocenters. The smallest absolute Gasteiger partial charge is 0.290 e. The van der Waals surface area contributed by atoms with Gasteiger partial charge in [0.1, 0.15) is 0 Å². The lowest BCUT2D eigenvalue weighted by Crippen LogP contribution is -2.46. The van der Waals surface area contributed by atoms with Gasteiger partial charge in [-0.2, -0.15) is 5.10 Å². The van der Waals surface area contributed by atoms with Crippen LogP contribution in [0.25, 0.3) is 0 Å². The number of imidazole rings is 1. The van der Waals surface area contributed by atoms with Crippen molar-refractivity contribution < 1.29 is 13.2 Å². The average Bonchev–Trinajstić information content (AvgIpc) is 3.22. The molecule has 0 spiro atoms. The van der Waals surface area contributed by atoms with Gasteiger partial charge in [0.15, 0.2) is 15.7 Å². The largest absolute Gasteiger partial charge is 0.327 e. The third kappa shape index (κ3) is 3.08. The van der Waals surface area contributed by atoms with E-state index in [4.69, 9.17) is 0 Å².